The average Bonchev–Trinajstić information content (AvgIpc) is 2.20. The lowest BCUT2D eigenvalue weighted by Crippen LogP contribution is -2.39. The van der Waals surface area contributed by atoms with Crippen molar-refractivity contribution in [3.8, 4) is 0 Å². The van der Waals surface area contributed by atoms with Crippen LogP contribution in [0.5, 0.6) is 0 Å². The normalized spacial score (nSPS) is 11.2. The van der Waals surface area contributed by atoms with Gasteiger partial charge >= 0.3 is 8.56 Å². The van der Waals surface area contributed by atoms with E-state index in [0.29, 0.717) is 13.2 Å². The van der Waals surface area contributed by atoms with Crippen LogP contribution in [0.1, 0.15) is 26.7 Å². The number of hydrogen-bond donors (Lipinski definition) is 0. The van der Waals surface area contributed by atoms with Crippen LogP contribution in [0.2, 0.25) is 0 Å². The number of rotatable bonds is 8. The van der Waals surface area contributed by atoms with E-state index in [2.05, 4.69) is 27.0 Å². The highest BCUT2D eigenvalue weighted by molar-refractivity contribution is 6.77. The van der Waals surface area contributed by atoms with Crippen LogP contribution < -0.4 is 0 Å². The Labute approximate surface area is 82.5 Å². The second-order valence-electron chi connectivity index (χ2n) is 2.83. The lowest BCUT2D eigenvalue weighted by atomic mass is 10.5. The van der Waals surface area contributed by atoms with Crippen molar-refractivity contribution in [3.63, 3.8) is 0 Å². The van der Waals surface area contributed by atoms with Crippen molar-refractivity contribution in [2.45, 2.75) is 26.7 Å². The standard InChI is InChI=1S/C10H20O2Si/c1-5-9-11-13(7-3,8-4)12-10-6-2/h7-8H,3-6,9-10H2,1-2H3. The maximum Gasteiger partial charge on any atom is 0.390 e. The molecule has 0 saturated carbocycles. The second kappa shape index (κ2) is 7.06. The summed E-state index contributed by atoms with van der Waals surface area (Å²) in [7, 11) is -2.26. The van der Waals surface area contributed by atoms with Crippen molar-refractivity contribution in [3.05, 3.63) is 24.6 Å². The minimum Gasteiger partial charge on any atom is -0.388 e. The van der Waals surface area contributed by atoms with Crippen LogP contribution in [0, 0.1) is 0 Å². The van der Waals surface area contributed by atoms with Gasteiger partial charge in [0.1, 0.15) is 0 Å². The van der Waals surface area contributed by atoms with Gasteiger partial charge in [-0.05, 0) is 24.2 Å². The molecule has 0 aromatic carbocycles. The monoisotopic (exact) mass is 200 g/mol. The molecule has 0 fully saturated rings. The predicted octanol–water partition coefficient (Wildman–Crippen LogP) is 2.73. The van der Waals surface area contributed by atoms with E-state index in [1.54, 1.807) is 11.4 Å². The van der Waals surface area contributed by atoms with Crippen LogP contribution in [0.15, 0.2) is 24.6 Å². The summed E-state index contributed by atoms with van der Waals surface area (Å²) in [5, 5.41) is 0. The van der Waals surface area contributed by atoms with Crippen molar-refractivity contribution < 1.29 is 8.85 Å². The topological polar surface area (TPSA) is 18.5 Å². The zero-order chi connectivity index (χ0) is 10.2. The highest BCUT2D eigenvalue weighted by atomic mass is 28.4. The maximum absolute atomic E-state index is 5.66. The largest absolute Gasteiger partial charge is 0.390 e. The molecule has 0 bridgehead atoms. The van der Waals surface area contributed by atoms with Gasteiger partial charge < -0.3 is 8.85 Å². The first-order valence-electron chi connectivity index (χ1n) is 4.79. The Balaban J connectivity index is 4.13. The van der Waals surface area contributed by atoms with Crippen LogP contribution in [-0.4, -0.2) is 21.8 Å². The van der Waals surface area contributed by atoms with Crippen molar-refractivity contribution in [1.82, 2.24) is 0 Å². The van der Waals surface area contributed by atoms with Gasteiger partial charge in [-0.25, -0.2) is 0 Å². The van der Waals surface area contributed by atoms with Crippen LogP contribution >= 0.6 is 0 Å². The molecule has 13 heavy (non-hydrogen) atoms. The highest BCUT2D eigenvalue weighted by Crippen LogP contribution is 2.11. The summed E-state index contributed by atoms with van der Waals surface area (Å²) in [4.78, 5) is 0. The van der Waals surface area contributed by atoms with Gasteiger partial charge in [0.2, 0.25) is 0 Å². The fraction of sp³-hybridized carbons (Fsp3) is 0.600. The zero-order valence-corrected chi connectivity index (χ0v) is 9.71. The summed E-state index contributed by atoms with van der Waals surface area (Å²) in [6.07, 6.45) is 1.98. The quantitative estimate of drug-likeness (QED) is 0.561. The Morgan fingerprint density at radius 3 is 1.62 bits per heavy atom. The molecule has 0 spiro atoms. The van der Waals surface area contributed by atoms with Crippen molar-refractivity contribution in [2.24, 2.45) is 0 Å². The third-order valence-corrected chi connectivity index (χ3v) is 4.08. The highest BCUT2D eigenvalue weighted by Gasteiger charge is 2.29. The van der Waals surface area contributed by atoms with Gasteiger partial charge in [0.15, 0.2) is 0 Å². The van der Waals surface area contributed by atoms with Crippen LogP contribution in [0.25, 0.3) is 0 Å². The van der Waals surface area contributed by atoms with E-state index in [4.69, 9.17) is 8.85 Å². The molecule has 0 aliphatic heterocycles. The van der Waals surface area contributed by atoms with Gasteiger partial charge in [0.05, 0.1) is 0 Å². The summed E-state index contributed by atoms with van der Waals surface area (Å²) in [6, 6.07) is 0. The third kappa shape index (κ3) is 4.41. The third-order valence-electron chi connectivity index (χ3n) is 1.63. The predicted molar refractivity (Wildman–Crippen MR) is 58.6 cm³/mol. The molecular weight excluding hydrogens is 180 g/mol. The summed E-state index contributed by atoms with van der Waals surface area (Å²) in [6.45, 7) is 13.1. The Hall–Kier alpha value is -0.383. The smallest absolute Gasteiger partial charge is 0.388 e. The van der Waals surface area contributed by atoms with E-state index in [9.17, 15) is 0 Å². The van der Waals surface area contributed by atoms with Crippen LogP contribution in [0.4, 0.5) is 0 Å². The first-order valence-corrected chi connectivity index (χ1v) is 6.76. The average molecular weight is 200 g/mol. The molecule has 0 heterocycles. The summed E-state index contributed by atoms with van der Waals surface area (Å²) < 4.78 is 11.3. The molecule has 0 aliphatic rings. The van der Waals surface area contributed by atoms with Gasteiger partial charge in [0, 0.05) is 13.2 Å². The molecule has 2 nitrogen and oxygen atoms in total. The van der Waals surface area contributed by atoms with E-state index < -0.39 is 8.56 Å². The molecule has 0 amide bonds. The second-order valence-corrected chi connectivity index (χ2v) is 5.66. The minimum atomic E-state index is -2.26. The zero-order valence-electron chi connectivity index (χ0n) is 8.71. The van der Waals surface area contributed by atoms with Crippen LogP contribution in [0.3, 0.4) is 0 Å². The van der Waals surface area contributed by atoms with Crippen molar-refractivity contribution in [2.75, 3.05) is 13.2 Å². The van der Waals surface area contributed by atoms with E-state index in [-0.39, 0.29) is 0 Å². The molecule has 76 valence electrons. The van der Waals surface area contributed by atoms with Crippen molar-refractivity contribution in [1.29, 1.82) is 0 Å². The first kappa shape index (κ1) is 12.6. The molecule has 0 rings (SSSR count). The Bertz CT molecular complexity index is 139. The summed E-state index contributed by atoms with van der Waals surface area (Å²) >= 11 is 0. The van der Waals surface area contributed by atoms with Gasteiger partial charge in [-0.2, -0.15) is 0 Å². The summed E-state index contributed by atoms with van der Waals surface area (Å²) in [5.74, 6) is 0. The van der Waals surface area contributed by atoms with E-state index in [1.807, 2.05) is 0 Å². The van der Waals surface area contributed by atoms with E-state index >= 15 is 0 Å². The molecule has 3 heteroatoms. The molecule has 0 radical (unpaired) electrons. The first-order chi connectivity index (χ1) is 6.24. The minimum absolute atomic E-state index is 0.716. The van der Waals surface area contributed by atoms with Crippen molar-refractivity contribution >= 4 is 8.56 Å². The van der Waals surface area contributed by atoms with Gasteiger partial charge in [-0.1, -0.05) is 13.8 Å². The SMILES string of the molecule is C=C[Si](C=C)(OCCC)OCCC. The maximum atomic E-state index is 5.66. The molecule has 0 aromatic rings. The molecular formula is C10H20O2Si. The fourth-order valence-corrected chi connectivity index (χ4v) is 2.65. The van der Waals surface area contributed by atoms with E-state index in [0.717, 1.165) is 12.8 Å². The summed E-state index contributed by atoms with van der Waals surface area (Å²) in [5.41, 5.74) is 3.57. The molecule has 0 aromatic heterocycles. The molecule has 0 aliphatic carbocycles. The van der Waals surface area contributed by atoms with Gasteiger partial charge in [-0.3, -0.25) is 0 Å². The Morgan fingerprint density at radius 1 is 1.00 bits per heavy atom. The van der Waals surface area contributed by atoms with E-state index in [1.165, 1.54) is 0 Å². The molecule has 0 N–H and O–H groups in total. The fourth-order valence-electron chi connectivity index (χ4n) is 0.884. The molecule has 0 atom stereocenters. The number of hydrogen-bond acceptors (Lipinski definition) is 2. The lowest BCUT2D eigenvalue weighted by molar-refractivity contribution is 0.189. The molecule has 0 unspecified atom stereocenters. The van der Waals surface area contributed by atoms with Gasteiger partial charge in [-0.15, -0.1) is 13.2 Å². The van der Waals surface area contributed by atoms with Crippen LogP contribution in [-0.2, 0) is 8.85 Å². The Kier molecular flexibility index (Phi) is 6.85. The van der Waals surface area contributed by atoms with Gasteiger partial charge in [0.25, 0.3) is 0 Å². The lowest BCUT2D eigenvalue weighted by Gasteiger charge is -2.23. The Morgan fingerprint density at radius 2 is 1.38 bits per heavy atom. The molecule has 0 saturated heterocycles.